The first-order valence-corrected chi connectivity index (χ1v) is 9.36. The summed E-state index contributed by atoms with van der Waals surface area (Å²) in [5.74, 6) is 1.30. The second kappa shape index (κ2) is 8.69. The van der Waals surface area contributed by atoms with Crippen LogP contribution in [0, 0.1) is 27.2 Å². The first-order valence-electron chi connectivity index (χ1n) is 8.48. The number of nitrogens with zero attached hydrogens (tertiary/aromatic N) is 5. The van der Waals surface area contributed by atoms with Crippen molar-refractivity contribution in [2.75, 3.05) is 13.7 Å². The van der Waals surface area contributed by atoms with E-state index in [0.717, 1.165) is 17.4 Å². The van der Waals surface area contributed by atoms with Gasteiger partial charge in [0.05, 0.1) is 12.0 Å². The van der Waals surface area contributed by atoms with Gasteiger partial charge < -0.3 is 4.74 Å². The number of thioether (sulfide) groups is 1. The summed E-state index contributed by atoms with van der Waals surface area (Å²) in [5.41, 5.74) is 1.13. The second-order valence-corrected chi connectivity index (χ2v) is 7.21. The number of methoxy groups -OCH3 is 1. The number of nitro benzene ring substituents is 1. The van der Waals surface area contributed by atoms with E-state index >= 15 is 0 Å². The first kappa shape index (κ1) is 20.3. The molecule has 0 aliphatic rings. The lowest BCUT2D eigenvalue weighted by atomic mass is 10.1. The molecule has 0 spiro atoms. The smallest absolute Gasteiger partial charge is 0.269 e. The molecular formula is C18H17N5O5S. The summed E-state index contributed by atoms with van der Waals surface area (Å²) in [6.07, 6.45) is 0. The van der Waals surface area contributed by atoms with E-state index in [1.807, 2.05) is 12.1 Å². The van der Waals surface area contributed by atoms with E-state index in [0.29, 0.717) is 22.3 Å². The van der Waals surface area contributed by atoms with Crippen LogP contribution >= 0.6 is 11.8 Å². The maximum Gasteiger partial charge on any atom is 0.269 e. The van der Waals surface area contributed by atoms with Gasteiger partial charge in [0, 0.05) is 22.7 Å². The molecule has 0 aliphatic heterocycles. The zero-order valence-electron chi connectivity index (χ0n) is 15.6. The molecule has 1 atom stereocenters. The number of nitro groups is 2. The lowest BCUT2D eigenvalue weighted by Gasteiger charge is -2.14. The molecule has 0 unspecified atom stereocenters. The lowest BCUT2D eigenvalue weighted by Crippen LogP contribution is -2.11. The Balaban J connectivity index is 1.97. The van der Waals surface area contributed by atoms with Gasteiger partial charge in [0.25, 0.3) is 5.69 Å². The normalized spacial score (nSPS) is 11.8. The van der Waals surface area contributed by atoms with Crippen molar-refractivity contribution in [1.29, 1.82) is 0 Å². The molecule has 0 saturated heterocycles. The van der Waals surface area contributed by atoms with Gasteiger partial charge in [-0.05, 0) is 36.8 Å². The minimum absolute atomic E-state index is 0.121. The van der Waals surface area contributed by atoms with Crippen LogP contribution in [0.25, 0.3) is 5.69 Å². The molecule has 0 radical (unpaired) electrons. The fourth-order valence-electron chi connectivity index (χ4n) is 2.76. The van der Waals surface area contributed by atoms with Gasteiger partial charge in [-0.2, -0.15) is 0 Å². The highest BCUT2D eigenvalue weighted by molar-refractivity contribution is 7.99. The van der Waals surface area contributed by atoms with Crippen LogP contribution in [0.2, 0.25) is 0 Å². The maximum absolute atomic E-state index is 11.2. The van der Waals surface area contributed by atoms with Crippen molar-refractivity contribution in [1.82, 2.24) is 14.8 Å². The summed E-state index contributed by atoms with van der Waals surface area (Å²) >= 11 is 1.14. The molecule has 0 aliphatic carbocycles. The van der Waals surface area contributed by atoms with Crippen molar-refractivity contribution < 1.29 is 14.6 Å². The predicted octanol–water partition coefficient (Wildman–Crippen LogP) is 3.60. The third-order valence-corrected chi connectivity index (χ3v) is 5.32. The SMILES string of the molecule is COc1ccc(-n2c(C)nnc2S[C@H](C[N+](=O)[O-])c2cccc([N+](=O)[O-])c2)cc1. The van der Waals surface area contributed by atoms with E-state index in [-0.39, 0.29) is 5.69 Å². The number of ether oxygens (including phenoxy) is 1. The zero-order chi connectivity index (χ0) is 21.0. The van der Waals surface area contributed by atoms with Crippen LogP contribution in [0.4, 0.5) is 5.69 Å². The third-order valence-electron chi connectivity index (χ3n) is 4.14. The molecule has 3 rings (SSSR count). The lowest BCUT2D eigenvalue weighted by molar-refractivity contribution is -0.479. The maximum atomic E-state index is 11.2. The number of hydrogen-bond donors (Lipinski definition) is 0. The van der Waals surface area contributed by atoms with Crippen LogP contribution in [0.5, 0.6) is 5.75 Å². The molecule has 29 heavy (non-hydrogen) atoms. The van der Waals surface area contributed by atoms with Gasteiger partial charge >= 0.3 is 0 Å². The molecule has 11 heteroatoms. The van der Waals surface area contributed by atoms with Crippen LogP contribution in [-0.2, 0) is 0 Å². The van der Waals surface area contributed by atoms with E-state index < -0.39 is 21.6 Å². The number of aromatic nitrogens is 3. The fourth-order valence-corrected chi connectivity index (χ4v) is 3.92. The molecule has 0 N–H and O–H groups in total. The molecule has 150 valence electrons. The summed E-state index contributed by atoms with van der Waals surface area (Å²) in [5, 5.41) is 30.3. The Hall–Kier alpha value is -3.47. The number of hydrogen-bond acceptors (Lipinski definition) is 8. The summed E-state index contributed by atoms with van der Waals surface area (Å²) in [6.45, 7) is 1.36. The largest absolute Gasteiger partial charge is 0.497 e. The highest BCUT2D eigenvalue weighted by Gasteiger charge is 2.25. The molecule has 0 saturated carbocycles. The number of non-ortho nitro benzene ring substituents is 1. The highest BCUT2D eigenvalue weighted by atomic mass is 32.2. The predicted molar refractivity (Wildman–Crippen MR) is 106 cm³/mol. The van der Waals surface area contributed by atoms with Gasteiger partial charge in [0.1, 0.15) is 16.8 Å². The average Bonchev–Trinajstić information content (AvgIpc) is 3.07. The van der Waals surface area contributed by atoms with Crippen LogP contribution in [-0.4, -0.2) is 38.3 Å². The standard InChI is InChI=1S/C18H17N5O5S/c1-12-19-20-18(22(12)14-6-8-16(28-2)9-7-14)29-17(11-21(24)25)13-4-3-5-15(10-13)23(26)27/h3-10,17H,11H2,1-2H3/t17-/m1/s1. The molecular weight excluding hydrogens is 398 g/mol. The number of rotatable bonds is 8. The minimum Gasteiger partial charge on any atom is -0.497 e. The number of benzene rings is 2. The highest BCUT2D eigenvalue weighted by Crippen LogP contribution is 2.37. The Morgan fingerprint density at radius 2 is 1.86 bits per heavy atom. The van der Waals surface area contributed by atoms with E-state index in [4.69, 9.17) is 4.74 Å². The van der Waals surface area contributed by atoms with Gasteiger partial charge in [-0.25, -0.2) is 0 Å². The minimum atomic E-state index is -0.675. The van der Waals surface area contributed by atoms with Gasteiger partial charge in [0.15, 0.2) is 5.16 Å². The Morgan fingerprint density at radius 3 is 2.48 bits per heavy atom. The Kier molecular flexibility index (Phi) is 6.07. The fraction of sp³-hybridized carbons (Fsp3) is 0.222. The number of aryl methyl sites for hydroxylation is 1. The van der Waals surface area contributed by atoms with E-state index in [2.05, 4.69) is 10.2 Å². The van der Waals surface area contributed by atoms with Crippen molar-refractivity contribution in [2.45, 2.75) is 17.3 Å². The van der Waals surface area contributed by atoms with Gasteiger partial charge in [-0.1, -0.05) is 23.9 Å². The Morgan fingerprint density at radius 1 is 1.14 bits per heavy atom. The van der Waals surface area contributed by atoms with Crippen molar-refractivity contribution in [3.05, 3.63) is 80.1 Å². The first-order chi connectivity index (χ1) is 13.9. The Bertz CT molecular complexity index is 1040. The molecule has 1 heterocycles. The van der Waals surface area contributed by atoms with Crippen molar-refractivity contribution in [2.24, 2.45) is 0 Å². The van der Waals surface area contributed by atoms with E-state index in [1.165, 1.54) is 18.2 Å². The molecule has 0 bridgehead atoms. The summed E-state index contributed by atoms with van der Waals surface area (Å²) < 4.78 is 6.94. The topological polar surface area (TPSA) is 126 Å². The Labute approximate surface area is 169 Å². The summed E-state index contributed by atoms with van der Waals surface area (Å²) in [6, 6.07) is 13.1. The quantitative estimate of drug-likeness (QED) is 0.310. The molecule has 0 amide bonds. The van der Waals surface area contributed by atoms with Gasteiger partial charge in [-0.3, -0.25) is 24.8 Å². The molecule has 3 aromatic rings. The van der Waals surface area contributed by atoms with Crippen molar-refractivity contribution in [3.8, 4) is 11.4 Å². The molecule has 10 nitrogen and oxygen atoms in total. The van der Waals surface area contributed by atoms with E-state index in [1.54, 1.807) is 36.8 Å². The van der Waals surface area contributed by atoms with Crippen LogP contribution in [0.15, 0.2) is 53.7 Å². The van der Waals surface area contributed by atoms with Crippen LogP contribution in [0.3, 0.4) is 0 Å². The third kappa shape index (κ3) is 4.69. The van der Waals surface area contributed by atoms with Crippen molar-refractivity contribution in [3.63, 3.8) is 0 Å². The average molecular weight is 415 g/mol. The van der Waals surface area contributed by atoms with Crippen molar-refractivity contribution >= 4 is 17.4 Å². The van der Waals surface area contributed by atoms with E-state index in [9.17, 15) is 20.2 Å². The summed E-state index contributed by atoms with van der Waals surface area (Å²) in [7, 11) is 1.57. The van der Waals surface area contributed by atoms with Gasteiger partial charge in [0.2, 0.25) is 6.54 Å². The zero-order valence-corrected chi connectivity index (χ0v) is 16.4. The second-order valence-electron chi connectivity index (χ2n) is 6.04. The molecule has 1 aromatic heterocycles. The molecule has 2 aromatic carbocycles. The van der Waals surface area contributed by atoms with Crippen LogP contribution in [0.1, 0.15) is 16.6 Å². The summed E-state index contributed by atoms with van der Waals surface area (Å²) in [4.78, 5) is 21.3. The van der Waals surface area contributed by atoms with Gasteiger partial charge in [-0.15, -0.1) is 10.2 Å². The van der Waals surface area contributed by atoms with Crippen LogP contribution < -0.4 is 4.74 Å². The monoisotopic (exact) mass is 415 g/mol. The molecule has 0 fully saturated rings.